The minimum absolute atomic E-state index is 0.0105. The van der Waals surface area contributed by atoms with Gasteiger partial charge in [0, 0.05) is 22.5 Å². The van der Waals surface area contributed by atoms with Crippen molar-refractivity contribution in [2.75, 3.05) is 16.7 Å². The molecule has 1 aromatic heterocycles. The molecule has 0 bridgehead atoms. The summed E-state index contributed by atoms with van der Waals surface area (Å²) in [5.74, 6) is -0.787. The molecular formula is C23H18ClFN2O3S2. The van der Waals surface area contributed by atoms with Gasteiger partial charge in [-0.25, -0.2) is 12.8 Å². The molecule has 0 fully saturated rings. The van der Waals surface area contributed by atoms with Crippen LogP contribution in [-0.4, -0.2) is 21.4 Å². The maximum absolute atomic E-state index is 13.2. The number of nitrogens with one attached hydrogen (secondary N) is 1. The van der Waals surface area contributed by atoms with E-state index in [9.17, 15) is 17.6 Å². The molecule has 0 spiro atoms. The second kappa shape index (κ2) is 8.54. The molecule has 1 heterocycles. The number of carbonyl (C=O) groups is 1. The third-order valence-corrected chi connectivity index (χ3v) is 8.31. The molecule has 0 aliphatic carbocycles. The van der Waals surface area contributed by atoms with Crippen LogP contribution in [0.3, 0.4) is 0 Å². The molecule has 1 amide bonds. The van der Waals surface area contributed by atoms with Crippen molar-refractivity contribution in [2.45, 2.75) is 11.8 Å². The molecule has 164 valence electrons. The van der Waals surface area contributed by atoms with Crippen molar-refractivity contribution in [2.24, 2.45) is 0 Å². The van der Waals surface area contributed by atoms with Crippen LogP contribution < -0.4 is 9.62 Å². The van der Waals surface area contributed by atoms with E-state index in [2.05, 4.69) is 5.32 Å². The second-order valence-electron chi connectivity index (χ2n) is 7.18. The number of aryl methyl sites for hydroxylation is 1. The standard InChI is InChI=1S/C23H18ClFN2O3S2/c1-14-3-6-17(13-20(14)24)26-23(28)22-12-15-11-18(7-10-21(15)31-22)27(2)32(29,30)19-8-4-16(25)5-9-19/h3-13H,1-2H3,(H,26,28). The molecule has 4 rings (SSSR count). The summed E-state index contributed by atoms with van der Waals surface area (Å²) in [5.41, 5.74) is 1.93. The van der Waals surface area contributed by atoms with Gasteiger partial charge >= 0.3 is 0 Å². The largest absolute Gasteiger partial charge is 0.321 e. The number of fused-ring (bicyclic) bond motifs is 1. The Morgan fingerprint density at radius 3 is 2.44 bits per heavy atom. The quantitative estimate of drug-likeness (QED) is 0.370. The normalized spacial score (nSPS) is 11.5. The van der Waals surface area contributed by atoms with Gasteiger partial charge in [-0.3, -0.25) is 9.10 Å². The molecule has 5 nitrogen and oxygen atoms in total. The molecule has 32 heavy (non-hydrogen) atoms. The Kier molecular flexibility index (Phi) is 5.94. The van der Waals surface area contributed by atoms with Crippen molar-refractivity contribution in [3.8, 4) is 0 Å². The first-order valence-electron chi connectivity index (χ1n) is 9.51. The molecule has 3 aromatic carbocycles. The van der Waals surface area contributed by atoms with Gasteiger partial charge in [0.15, 0.2) is 0 Å². The smallest absolute Gasteiger partial charge is 0.265 e. The van der Waals surface area contributed by atoms with Gasteiger partial charge in [0.05, 0.1) is 15.5 Å². The predicted molar refractivity (Wildman–Crippen MR) is 128 cm³/mol. The Morgan fingerprint density at radius 2 is 1.75 bits per heavy atom. The zero-order valence-electron chi connectivity index (χ0n) is 17.1. The van der Waals surface area contributed by atoms with E-state index in [4.69, 9.17) is 11.6 Å². The van der Waals surface area contributed by atoms with E-state index in [-0.39, 0.29) is 10.8 Å². The number of carbonyl (C=O) groups excluding carboxylic acids is 1. The monoisotopic (exact) mass is 488 g/mol. The van der Waals surface area contributed by atoms with Gasteiger partial charge in [-0.2, -0.15) is 0 Å². The van der Waals surface area contributed by atoms with Crippen LogP contribution in [0.5, 0.6) is 0 Å². The van der Waals surface area contributed by atoms with Crippen molar-refractivity contribution in [1.29, 1.82) is 0 Å². The average Bonchev–Trinajstić information content (AvgIpc) is 3.19. The fraction of sp³-hybridized carbons (Fsp3) is 0.0870. The van der Waals surface area contributed by atoms with E-state index in [0.717, 1.165) is 32.1 Å². The first-order valence-corrected chi connectivity index (χ1v) is 12.1. The molecule has 0 aliphatic heterocycles. The lowest BCUT2D eigenvalue weighted by Gasteiger charge is -2.19. The van der Waals surface area contributed by atoms with Crippen LogP contribution in [0.25, 0.3) is 10.1 Å². The predicted octanol–water partition coefficient (Wildman–Crippen LogP) is 6.08. The number of sulfonamides is 1. The number of anilines is 2. The third kappa shape index (κ3) is 4.34. The van der Waals surface area contributed by atoms with Crippen molar-refractivity contribution in [3.05, 3.63) is 88.0 Å². The number of nitrogens with zero attached hydrogens (tertiary/aromatic N) is 1. The number of thiophene rings is 1. The summed E-state index contributed by atoms with van der Waals surface area (Å²) < 4.78 is 40.9. The topological polar surface area (TPSA) is 66.5 Å². The molecule has 0 unspecified atom stereocenters. The van der Waals surface area contributed by atoms with Crippen LogP contribution >= 0.6 is 22.9 Å². The molecule has 9 heteroatoms. The van der Waals surface area contributed by atoms with Crippen molar-refractivity contribution >= 4 is 60.3 Å². The van der Waals surface area contributed by atoms with E-state index in [1.54, 1.807) is 36.4 Å². The molecule has 0 saturated carbocycles. The highest BCUT2D eigenvalue weighted by Gasteiger charge is 2.22. The molecule has 4 aromatic rings. The molecule has 0 aliphatic rings. The zero-order chi connectivity index (χ0) is 23.0. The summed E-state index contributed by atoms with van der Waals surface area (Å²) in [5, 5.41) is 4.13. The summed E-state index contributed by atoms with van der Waals surface area (Å²) in [6.07, 6.45) is 0. The Labute approximate surface area is 194 Å². The van der Waals surface area contributed by atoms with Gasteiger partial charge in [0.25, 0.3) is 15.9 Å². The van der Waals surface area contributed by atoms with Crippen LogP contribution in [-0.2, 0) is 10.0 Å². The Morgan fingerprint density at radius 1 is 1.03 bits per heavy atom. The zero-order valence-corrected chi connectivity index (χ0v) is 19.5. The highest BCUT2D eigenvalue weighted by molar-refractivity contribution is 7.92. The SMILES string of the molecule is Cc1ccc(NC(=O)c2cc3cc(N(C)S(=O)(=O)c4ccc(F)cc4)ccc3s2)cc1Cl. The highest BCUT2D eigenvalue weighted by Crippen LogP contribution is 2.32. The number of halogens is 2. The van der Waals surface area contributed by atoms with Crippen molar-refractivity contribution in [1.82, 2.24) is 0 Å². The number of amides is 1. The lowest BCUT2D eigenvalue weighted by molar-refractivity contribution is 0.103. The average molecular weight is 489 g/mol. The van der Waals surface area contributed by atoms with Gasteiger partial charge in [0.2, 0.25) is 0 Å². The van der Waals surface area contributed by atoms with Crippen molar-refractivity contribution in [3.63, 3.8) is 0 Å². The second-order valence-corrected chi connectivity index (χ2v) is 10.6. The van der Waals surface area contributed by atoms with Gasteiger partial charge in [-0.15, -0.1) is 11.3 Å². The van der Waals surface area contributed by atoms with Crippen molar-refractivity contribution < 1.29 is 17.6 Å². The first kappa shape index (κ1) is 22.3. The first-order chi connectivity index (χ1) is 15.1. The van der Waals surface area contributed by atoms with E-state index < -0.39 is 15.8 Å². The van der Waals surface area contributed by atoms with Crippen LogP contribution in [0.15, 0.2) is 71.6 Å². The Bertz CT molecular complexity index is 1430. The summed E-state index contributed by atoms with van der Waals surface area (Å²) >= 11 is 7.43. The van der Waals surface area contributed by atoms with Crippen LogP contribution in [0.4, 0.5) is 15.8 Å². The minimum atomic E-state index is -3.86. The van der Waals surface area contributed by atoms with Gasteiger partial charge in [0.1, 0.15) is 5.82 Å². The fourth-order valence-corrected chi connectivity index (χ4v) is 5.41. The summed E-state index contributed by atoms with van der Waals surface area (Å²) in [6.45, 7) is 1.88. The maximum atomic E-state index is 13.2. The minimum Gasteiger partial charge on any atom is -0.321 e. The molecule has 0 saturated heterocycles. The van der Waals surface area contributed by atoms with E-state index >= 15 is 0 Å². The van der Waals surface area contributed by atoms with Crippen LogP contribution in [0, 0.1) is 12.7 Å². The molecule has 1 N–H and O–H groups in total. The Hall–Kier alpha value is -2.94. The van der Waals surface area contributed by atoms with E-state index in [0.29, 0.717) is 21.3 Å². The third-order valence-electron chi connectivity index (χ3n) is 4.99. The summed E-state index contributed by atoms with van der Waals surface area (Å²) in [4.78, 5) is 13.2. The Balaban J connectivity index is 1.60. The van der Waals surface area contributed by atoms with Gasteiger partial charge in [-0.05, 0) is 78.5 Å². The highest BCUT2D eigenvalue weighted by atomic mass is 35.5. The maximum Gasteiger partial charge on any atom is 0.265 e. The number of hydrogen-bond donors (Lipinski definition) is 1. The van der Waals surface area contributed by atoms with E-state index in [1.807, 2.05) is 13.0 Å². The fourth-order valence-electron chi connectivity index (χ4n) is 3.11. The molecule has 0 radical (unpaired) electrons. The number of rotatable bonds is 5. The lowest BCUT2D eigenvalue weighted by atomic mass is 10.2. The number of benzene rings is 3. The van der Waals surface area contributed by atoms with Gasteiger partial charge < -0.3 is 5.32 Å². The molecule has 0 atom stereocenters. The summed E-state index contributed by atoms with van der Waals surface area (Å²) in [7, 11) is -2.43. The lowest BCUT2D eigenvalue weighted by Crippen LogP contribution is -2.26. The van der Waals surface area contributed by atoms with E-state index in [1.165, 1.54) is 30.5 Å². The summed E-state index contributed by atoms with van der Waals surface area (Å²) in [6, 6.07) is 16.8. The van der Waals surface area contributed by atoms with Crippen LogP contribution in [0.1, 0.15) is 15.2 Å². The van der Waals surface area contributed by atoms with Gasteiger partial charge in [-0.1, -0.05) is 17.7 Å². The van der Waals surface area contributed by atoms with Crippen LogP contribution in [0.2, 0.25) is 5.02 Å². The molecular weight excluding hydrogens is 471 g/mol. The number of hydrogen-bond acceptors (Lipinski definition) is 4.